The fourth-order valence-corrected chi connectivity index (χ4v) is 2.56. The number of nitrogens with one attached hydrogen (secondary N) is 2. The van der Waals surface area contributed by atoms with Crippen LogP contribution < -0.4 is 10.6 Å². The molecule has 3 N–H and O–H groups in total. The summed E-state index contributed by atoms with van der Waals surface area (Å²) in [6.07, 6.45) is 3.14. The Balaban J connectivity index is 2.65. The van der Waals surface area contributed by atoms with E-state index in [0.717, 1.165) is 25.8 Å². The molecule has 2 atom stereocenters. The zero-order valence-corrected chi connectivity index (χ0v) is 12.2. The van der Waals surface area contributed by atoms with Crippen LogP contribution in [0.25, 0.3) is 0 Å². The lowest BCUT2D eigenvalue weighted by atomic mass is 9.80. The number of amides is 1. The van der Waals surface area contributed by atoms with Gasteiger partial charge in [0.2, 0.25) is 5.91 Å². The number of hydrogen-bond acceptors (Lipinski definition) is 3. The molecule has 0 saturated carbocycles. The maximum Gasteiger partial charge on any atom is 0.311 e. The van der Waals surface area contributed by atoms with E-state index in [4.69, 9.17) is 0 Å². The van der Waals surface area contributed by atoms with Gasteiger partial charge in [-0.15, -0.1) is 0 Å². The zero-order valence-electron chi connectivity index (χ0n) is 12.2. The first-order valence-electron chi connectivity index (χ1n) is 7.12. The van der Waals surface area contributed by atoms with Crippen LogP contribution in [0.1, 0.15) is 46.5 Å². The summed E-state index contributed by atoms with van der Waals surface area (Å²) < 4.78 is 0. The van der Waals surface area contributed by atoms with Crippen LogP contribution >= 0.6 is 0 Å². The Labute approximate surface area is 115 Å². The summed E-state index contributed by atoms with van der Waals surface area (Å²) in [4.78, 5) is 23.6. The van der Waals surface area contributed by atoms with Crippen molar-refractivity contribution in [3.8, 4) is 0 Å². The lowest BCUT2D eigenvalue weighted by molar-refractivity contribution is -0.148. The average Bonchev–Trinajstić information content (AvgIpc) is 2.85. The number of carbonyl (C=O) groups excluding carboxylic acids is 1. The van der Waals surface area contributed by atoms with Gasteiger partial charge in [-0.3, -0.25) is 9.59 Å². The van der Waals surface area contributed by atoms with Crippen molar-refractivity contribution in [2.24, 2.45) is 10.8 Å². The summed E-state index contributed by atoms with van der Waals surface area (Å²) in [6, 6.07) is 0. The van der Waals surface area contributed by atoms with E-state index < -0.39 is 11.4 Å². The second-order valence-electron chi connectivity index (χ2n) is 5.86. The van der Waals surface area contributed by atoms with E-state index in [1.807, 2.05) is 6.92 Å². The SMILES string of the molecule is CCCC1(C(=O)NCC(C)(CC)C(=O)O)CCNC1. The van der Waals surface area contributed by atoms with Crippen molar-refractivity contribution in [1.82, 2.24) is 10.6 Å². The molecule has 1 aliphatic heterocycles. The predicted molar refractivity (Wildman–Crippen MR) is 73.9 cm³/mol. The van der Waals surface area contributed by atoms with E-state index in [-0.39, 0.29) is 17.9 Å². The second kappa shape index (κ2) is 6.37. The molecule has 5 nitrogen and oxygen atoms in total. The predicted octanol–water partition coefficient (Wildman–Crippen LogP) is 1.38. The fourth-order valence-electron chi connectivity index (χ4n) is 2.56. The first kappa shape index (κ1) is 16.0. The molecule has 0 aromatic rings. The van der Waals surface area contributed by atoms with Gasteiger partial charge in [-0.2, -0.15) is 0 Å². The molecule has 5 heteroatoms. The lowest BCUT2D eigenvalue weighted by Gasteiger charge is -2.29. The Morgan fingerprint density at radius 3 is 2.53 bits per heavy atom. The molecule has 1 amide bonds. The Morgan fingerprint density at radius 1 is 1.42 bits per heavy atom. The molecule has 1 saturated heterocycles. The van der Waals surface area contributed by atoms with Crippen LogP contribution in [0.2, 0.25) is 0 Å². The number of hydrogen-bond donors (Lipinski definition) is 3. The largest absolute Gasteiger partial charge is 0.481 e. The molecule has 1 aliphatic rings. The Hall–Kier alpha value is -1.10. The Morgan fingerprint density at radius 2 is 2.11 bits per heavy atom. The van der Waals surface area contributed by atoms with Crippen molar-refractivity contribution in [1.29, 1.82) is 0 Å². The number of carbonyl (C=O) groups is 2. The minimum atomic E-state index is -0.880. The second-order valence-corrected chi connectivity index (χ2v) is 5.86. The van der Waals surface area contributed by atoms with Crippen LogP contribution in [0.15, 0.2) is 0 Å². The molecule has 0 radical (unpaired) electrons. The van der Waals surface area contributed by atoms with Crippen molar-refractivity contribution in [3.05, 3.63) is 0 Å². The van der Waals surface area contributed by atoms with Gasteiger partial charge >= 0.3 is 5.97 Å². The summed E-state index contributed by atoms with van der Waals surface area (Å²) in [6.45, 7) is 7.33. The van der Waals surface area contributed by atoms with Crippen molar-refractivity contribution in [3.63, 3.8) is 0 Å². The van der Waals surface area contributed by atoms with E-state index in [0.29, 0.717) is 13.0 Å². The highest BCUT2D eigenvalue weighted by Gasteiger charge is 2.41. The molecular formula is C14H26N2O3. The summed E-state index contributed by atoms with van der Waals surface area (Å²) >= 11 is 0. The van der Waals surface area contributed by atoms with Crippen molar-refractivity contribution >= 4 is 11.9 Å². The maximum absolute atomic E-state index is 12.4. The zero-order chi connectivity index (χ0) is 14.5. The fraction of sp³-hybridized carbons (Fsp3) is 0.857. The summed E-state index contributed by atoms with van der Waals surface area (Å²) in [5.74, 6) is -0.857. The van der Waals surface area contributed by atoms with Gasteiger partial charge in [0.15, 0.2) is 0 Å². The minimum Gasteiger partial charge on any atom is -0.481 e. The van der Waals surface area contributed by atoms with Crippen LogP contribution in [0, 0.1) is 10.8 Å². The molecule has 1 heterocycles. The van der Waals surface area contributed by atoms with Crippen molar-refractivity contribution in [2.45, 2.75) is 46.5 Å². The highest BCUT2D eigenvalue weighted by atomic mass is 16.4. The number of aliphatic carboxylic acids is 1. The smallest absolute Gasteiger partial charge is 0.311 e. The first-order valence-corrected chi connectivity index (χ1v) is 7.12. The summed E-state index contributed by atoms with van der Waals surface area (Å²) in [5.41, 5.74) is -1.23. The highest BCUT2D eigenvalue weighted by Crippen LogP contribution is 2.31. The van der Waals surface area contributed by atoms with E-state index in [9.17, 15) is 14.7 Å². The van der Waals surface area contributed by atoms with Gasteiger partial charge in [0.25, 0.3) is 0 Å². The number of carboxylic acid groups (broad SMARTS) is 1. The van der Waals surface area contributed by atoms with E-state index >= 15 is 0 Å². The quantitative estimate of drug-likeness (QED) is 0.653. The van der Waals surface area contributed by atoms with Crippen LogP contribution in [0.4, 0.5) is 0 Å². The molecule has 0 bridgehead atoms. The highest BCUT2D eigenvalue weighted by molar-refractivity contribution is 5.84. The lowest BCUT2D eigenvalue weighted by Crippen LogP contribution is -2.47. The third-order valence-electron chi connectivity index (χ3n) is 4.39. The third-order valence-corrected chi connectivity index (χ3v) is 4.39. The molecule has 0 spiro atoms. The van der Waals surface area contributed by atoms with Gasteiger partial charge in [-0.05, 0) is 32.7 Å². The molecule has 1 fully saturated rings. The maximum atomic E-state index is 12.4. The Bertz CT molecular complexity index is 338. The molecule has 19 heavy (non-hydrogen) atoms. The summed E-state index contributed by atoms with van der Waals surface area (Å²) in [5, 5.41) is 15.3. The van der Waals surface area contributed by atoms with Crippen LogP contribution in [0.3, 0.4) is 0 Å². The van der Waals surface area contributed by atoms with Gasteiger partial charge < -0.3 is 15.7 Å². The number of rotatable bonds is 7. The molecule has 110 valence electrons. The third kappa shape index (κ3) is 3.47. The monoisotopic (exact) mass is 270 g/mol. The standard InChI is InChI=1S/C14H26N2O3/c1-4-6-14(7-8-15-10-14)11(17)16-9-13(3,5-2)12(18)19/h15H,4-10H2,1-3H3,(H,16,17)(H,18,19). The topological polar surface area (TPSA) is 78.4 Å². The number of carboxylic acids is 1. The minimum absolute atomic E-state index is 0.000255. The van der Waals surface area contributed by atoms with Crippen molar-refractivity contribution in [2.75, 3.05) is 19.6 Å². The van der Waals surface area contributed by atoms with Crippen LogP contribution in [-0.4, -0.2) is 36.6 Å². The average molecular weight is 270 g/mol. The molecule has 0 aromatic carbocycles. The van der Waals surface area contributed by atoms with E-state index in [2.05, 4.69) is 17.6 Å². The molecule has 0 aromatic heterocycles. The van der Waals surface area contributed by atoms with Gasteiger partial charge in [0, 0.05) is 13.1 Å². The van der Waals surface area contributed by atoms with E-state index in [1.165, 1.54) is 0 Å². The van der Waals surface area contributed by atoms with Gasteiger partial charge in [-0.25, -0.2) is 0 Å². The van der Waals surface area contributed by atoms with Crippen molar-refractivity contribution < 1.29 is 14.7 Å². The van der Waals surface area contributed by atoms with Gasteiger partial charge in [0.05, 0.1) is 10.8 Å². The van der Waals surface area contributed by atoms with Gasteiger partial charge in [-0.1, -0.05) is 20.3 Å². The molecule has 0 aliphatic carbocycles. The Kier molecular flexibility index (Phi) is 5.35. The molecule has 1 rings (SSSR count). The normalized spacial score (nSPS) is 25.8. The first-order chi connectivity index (χ1) is 8.90. The van der Waals surface area contributed by atoms with Gasteiger partial charge in [0.1, 0.15) is 0 Å². The van der Waals surface area contributed by atoms with E-state index in [1.54, 1.807) is 6.92 Å². The van der Waals surface area contributed by atoms with Crippen LogP contribution in [-0.2, 0) is 9.59 Å². The molecular weight excluding hydrogens is 244 g/mol. The van der Waals surface area contributed by atoms with Crippen LogP contribution in [0.5, 0.6) is 0 Å². The molecule has 2 unspecified atom stereocenters. The summed E-state index contributed by atoms with van der Waals surface area (Å²) in [7, 11) is 0.